The van der Waals surface area contributed by atoms with Gasteiger partial charge in [-0.2, -0.15) is 0 Å². The van der Waals surface area contributed by atoms with Crippen LogP contribution in [0.15, 0.2) is 53.4 Å². The van der Waals surface area contributed by atoms with Gasteiger partial charge in [0.25, 0.3) is 0 Å². The van der Waals surface area contributed by atoms with E-state index >= 15 is 0 Å². The first kappa shape index (κ1) is 13.9. The van der Waals surface area contributed by atoms with E-state index in [-0.39, 0.29) is 5.82 Å². The Labute approximate surface area is 116 Å². The molecule has 0 bridgehead atoms. The summed E-state index contributed by atoms with van der Waals surface area (Å²) in [6.07, 6.45) is 0. The van der Waals surface area contributed by atoms with Gasteiger partial charge in [-0.05, 0) is 35.9 Å². The van der Waals surface area contributed by atoms with Gasteiger partial charge in [0.15, 0.2) is 0 Å². The number of thioether (sulfide) groups is 1. The lowest BCUT2D eigenvalue weighted by molar-refractivity contribution is 0.344. The van der Waals surface area contributed by atoms with Crippen molar-refractivity contribution in [1.82, 2.24) is 0 Å². The van der Waals surface area contributed by atoms with Crippen LogP contribution in [-0.4, -0.2) is 12.4 Å². The fourth-order valence-corrected chi connectivity index (χ4v) is 2.37. The van der Waals surface area contributed by atoms with E-state index in [4.69, 9.17) is 10.5 Å². The SMILES string of the molecule is NCc1ccc(OCCSc2cccc(F)c2)cc1. The molecule has 0 aliphatic heterocycles. The van der Waals surface area contributed by atoms with E-state index in [1.165, 1.54) is 12.1 Å². The van der Waals surface area contributed by atoms with E-state index in [1.54, 1.807) is 17.8 Å². The van der Waals surface area contributed by atoms with Gasteiger partial charge in [-0.25, -0.2) is 4.39 Å². The predicted octanol–water partition coefficient (Wildman–Crippen LogP) is 3.46. The number of hydrogen-bond acceptors (Lipinski definition) is 3. The zero-order valence-electron chi connectivity index (χ0n) is 10.5. The normalized spacial score (nSPS) is 10.4. The first-order chi connectivity index (χ1) is 9.28. The quantitative estimate of drug-likeness (QED) is 0.649. The molecule has 0 unspecified atom stereocenters. The number of hydrogen-bond donors (Lipinski definition) is 1. The van der Waals surface area contributed by atoms with E-state index in [2.05, 4.69) is 0 Å². The van der Waals surface area contributed by atoms with Gasteiger partial charge in [0, 0.05) is 17.2 Å². The van der Waals surface area contributed by atoms with Gasteiger partial charge in [0.1, 0.15) is 11.6 Å². The maximum absolute atomic E-state index is 13.0. The molecule has 0 aromatic heterocycles. The van der Waals surface area contributed by atoms with Crippen molar-refractivity contribution in [2.45, 2.75) is 11.4 Å². The smallest absolute Gasteiger partial charge is 0.124 e. The molecular formula is C15H16FNOS. The van der Waals surface area contributed by atoms with Gasteiger partial charge in [0.05, 0.1) is 6.61 Å². The third kappa shape index (κ3) is 4.58. The van der Waals surface area contributed by atoms with E-state index < -0.39 is 0 Å². The van der Waals surface area contributed by atoms with E-state index in [1.807, 2.05) is 30.3 Å². The van der Waals surface area contributed by atoms with Gasteiger partial charge in [-0.1, -0.05) is 18.2 Å². The van der Waals surface area contributed by atoms with Crippen LogP contribution in [0.25, 0.3) is 0 Å². The maximum Gasteiger partial charge on any atom is 0.124 e. The van der Waals surface area contributed by atoms with Crippen molar-refractivity contribution >= 4 is 11.8 Å². The Bertz CT molecular complexity index is 516. The molecule has 0 heterocycles. The van der Waals surface area contributed by atoms with Gasteiger partial charge in [-0.15, -0.1) is 11.8 Å². The Morgan fingerprint density at radius 1 is 1.11 bits per heavy atom. The van der Waals surface area contributed by atoms with Crippen LogP contribution in [0.5, 0.6) is 5.75 Å². The van der Waals surface area contributed by atoms with Crippen LogP contribution in [0.4, 0.5) is 4.39 Å². The van der Waals surface area contributed by atoms with Crippen LogP contribution in [0.1, 0.15) is 5.56 Å². The molecule has 0 aliphatic rings. The highest BCUT2D eigenvalue weighted by molar-refractivity contribution is 7.99. The zero-order chi connectivity index (χ0) is 13.5. The van der Waals surface area contributed by atoms with Gasteiger partial charge < -0.3 is 10.5 Å². The molecule has 2 aromatic rings. The van der Waals surface area contributed by atoms with Gasteiger partial charge in [-0.3, -0.25) is 0 Å². The standard InChI is InChI=1S/C15H16FNOS/c16-13-2-1-3-15(10-13)19-9-8-18-14-6-4-12(11-17)5-7-14/h1-7,10H,8-9,11,17H2. The topological polar surface area (TPSA) is 35.2 Å². The minimum atomic E-state index is -0.205. The second-order valence-electron chi connectivity index (χ2n) is 4.00. The lowest BCUT2D eigenvalue weighted by Gasteiger charge is -2.06. The highest BCUT2D eigenvalue weighted by atomic mass is 32.2. The third-order valence-electron chi connectivity index (χ3n) is 2.58. The summed E-state index contributed by atoms with van der Waals surface area (Å²) >= 11 is 1.58. The van der Waals surface area contributed by atoms with Crippen molar-refractivity contribution in [1.29, 1.82) is 0 Å². The molecule has 19 heavy (non-hydrogen) atoms. The number of halogens is 1. The molecule has 0 aliphatic carbocycles. The molecule has 0 saturated heterocycles. The monoisotopic (exact) mass is 277 g/mol. The molecule has 2 N–H and O–H groups in total. The van der Waals surface area contributed by atoms with Gasteiger partial charge >= 0.3 is 0 Å². The molecule has 2 aromatic carbocycles. The lowest BCUT2D eigenvalue weighted by atomic mass is 10.2. The summed E-state index contributed by atoms with van der Waals surface area (Å²) in [5, 5.41) is 0. The summed E-state index contributed by atoms with van der Waals surface area (Å²) in [7, 11) is 0. The van der Waals surface area contributed by atoms with E-state index in [9.17, 15) is 4.39 Å². The zero-order valence-corrected chi connectivity index (χ0v) is 11.3. The molecule has 2 nitrogen and oxygen atoms in total. The Balaban J connectivity index is 1.74. The minimum absolute atomic E-state index is 0.205. The number of rotatable bonds is 6. The maximum atomic E-state index is 13.0. The highest BCUT2D eigenvalue weighted by Crippen LogP contribution is 2.19. The van der Waals surface area contributed by atoms with Gasteiger partial charge in [0.2, 0.25) is 0 Å². The predicted molar refractivity (Wildman–Crippen MR) is 77.0 cm³/mol. The summed E-state index contributed by atoms with van der Waals surface area (Å²) in [6.45, 7) is 1.12. The molecule has 0 atom stereocenters. The van der Waals surface area contributed by atoms with Crippen molar-refractivity contribution < 1.29 is 9.13 Å². The highest BCUT2D eigenvalue weighted by Gasteiger charge is 1.98. The van der Waals surface area contributed by atoms with Crippen LogP contribution in [0, 0.1) is 5.82 Å². The van der Waals surface area contributed by atoms with Crippen molar-refractivity contribution in [3.63, 3.8) is 0 Å². The van der Waals surface area contributed by atoms with Crippen LogP contribution < -0.4 is 10.5 Å². The molecule has 0 fully saturated rings. The largest absolute Gasteiger partial charge is 0.493 e. The molecule has 0 spiro atoms. The average molecular weight is 277 g/mol. The molecule has 2 rings (SSSR count). The number of benzene rings is 2. The Hall–Kier alpha value is -1.52. The van der Waals surface area contributed by atoms with Crippen molar-refractivity contribution in [3.05, 3.63) is 59.9 Å². The molecule has 0 radical (unpaired) electrons. The molecule has 0 amide bonds. The Kier molecular flexibility index (Phi) is 5.24. The summed E-state index contributed by atoms with van der Waals surface area (Å²) in [6, 6.07) is 14.3. The van der Waals surface area contributed by atoms with Crippen LogP contribution in [0.2, 0.25) is 0 Å². The van der Waals surface area contributed by atoms with Crippen molar-refractivity contribution in [2.75, 3.05) is 12.4 Å². The summed E-state index contributed by atoms with van der Waals surface area (Å²) in [5.41, 5.74) is 6.61. The molecule has 100 valence electrons. The van der Waals surface area contributed by atoms with Crippen molar-refractivity contribution in [3.8, 4) is 5.75 Å². The van der Waals surface area contributed by atoms with Crippen LogP contribution >= 0.6 is 11.8 Å². The molecule has 4 heteroatoms. The number of ether oxygens (including phenoxy) is 1. The van der Waals surface area contributed by atoms with E-state index in [0.717, 1.165) is 22.0 Å². The second kappa shape index (κ2) is 7.16. The van der Waals surface area contributed by atoms with Crippen LogP contribution in [0.3, 0.4) is 0 Å². The van der Waals surface area contributed by atoms with Crippen LogP contribution in [-0.2, 0) is 6.54 Å². The summed E-state index contributed by atoms with van der Waals surface area (Å²) in [4.78, 5) is 0.919. The average Bonchev–Trinajstić information content (AvgIpc) is 2.44. The summed E-state index contributed by atoms with van der Waals surface area (Å²) in [5.74, 6) is 1.41. The lowest BCUT2D eigenvalue weighted by Crippen LogP contribution is -2.01. The van der Waals surface area contributed by atoms with Crippen molar-refractivity contribution in [2.24, 2.45) is 5.73 Å². The molecule has 0 saturated carbocycles. The number of nitrogens with two attached hydrogens (primary N) is 1. The first-order valence-electron chi connectivity index (χ1n) is 6.08. The fraction of sp³-hybridized carbons (Fsp3) is 0.200. The first-order valence-corrected chi connectivity index (χ1v) is 7.06. The Morgan fingerprint density at radius 2 is 1.89 bits per heavy atom. The minimum Gasteiger partial charge on any atom is -0.493 e. The fourth-order valence-electron chi connectivity index (χ4n) is 1.60. The Morgan fingerprint density at radius 3 is 2.58 bits per heavy atom. The molecular weight excluding hydrogens is 261 g/mol. The third-order valence-corrected chi connectivity index (χ3v) is 3.53. The van der Waals surface area contributed by atoms with E-state index in [0.29, 0.717) is 13.2 Å². The second-order valence-corrected chi connectivity index (χ2v) is 5.17. The summed E-state index contributed by atoms with van der Waals surface area (Å²) < 4.78 is 18.6.